The molecule has 4 aromatic rings. The van der Waals surface area contributed by atoms with Gasteiger partial charge in [0.05, 0.1) is 5.69 Å². The average molecular weight is 397 g/mol. The molecule has 7 nitrogen and oxygen atoms in total. The number of thiazole rings is 1. The summed E-state index contributed by atoms with van der Waals surface area (Å²) in [6, 6.07) is 7.89. The number of nitrogens with zero attached hydrogens (tertiary/aromatic N) is 5. The van der Waals surface area contributed by atoms with E-state index in [0.717, 1.165) is 39.2 Å². The van der Waals surface area contributed by atoms with Gasteiger partial charge in [-0.1, -0.05) is 11.8 Å². The molecule has 0 spiro atoms. The Morgan fingerprint density at radius 3 is 2.93 bits per heavy atom. The van der Waals surface area contributed by atoms with E-state index in [1.54, 1.807) is 27.6 Å². The lowest BCUT2D eigenvalue weighted by atomic mass is 10.2. The Morgan fingerprint density at radius 2 is 2.00 bits per heavy atom. The molecule has 3 aromatic heterocycles. The minimum atomic E-state index is 0.276. The highest BCUT2D eigenvalue weighted by Gasteiger charge is 2.15. The molecule has 0 aliphatic carbocycles. The minimum Gasteiger partial charge on any atom is -0.454 e. The van der Waals surface area contributed by atoms with Crippen LogP contribution in [0.3, 0.4) is 0 Å². The van der Waals surface area contributed by atoms with Gasteiger partial charge in [-0.2, -0.15) is 4.98 Å². The third-order valence-electron chi connectivity index (χ3n) is 4.12. The van der Waals surface area contributed by atoms with E-state index in [2.05, 4.69) is 20.4 Å². The van der Waals surface area contributed by atoms with E-state index in [9.17, 15) is 0 Å². The highest BCUT2D eigenvalue weighted by atomic mass is 32.2. The molecule has 0 saturated carbocycles. The highest BCUT2D eigenvalue weighted by Crippen LogP contribution is 2.37. The van der Waals surface area contributed by atoms with Crippen molar-refractivity contribution in [3.05, 3.63) is 46.7 Å². The van der Waals surface area contributed by atoms with Gasteiger partial charge >= 0.3 is 0 Å². The van der Waals surface area contributed by atoms with Crippen LogP contribution in [0, 0.1) is 13.8 Å². The second-order valence-electron chi connectivity index (χ2n) is 6.15. The molecule has 0 N–H and O–H groups in total. The third-order valence-corrected chi connectivity index (χ3v) is 5.93. The molecule has 0 radical (unpaired) electrons. The van der Waals surface area contributed by atoms with Crippen LogP contribution in [0.4, 0.5) is 0 Å². The van der Waals surface area contributed by atoms with Crippen LogP contribution in [0.5, 0.6) is 11.5 Å². The maximum Gasteiger partial charge on any atom is 0.253 e. The van der Waals surface area contributed by atoms with Gasteiger partial charge in [0, 0.05) is 28.1 Å². The van der Waals surface area contributed by atoms with Gasteiger partial charge in [-0.05, 0) is 38.1 Å². The summed E-state index contributed by atoms with van der Waals surface area (Å²) in [5, 5.41) is 8.25. The molecule has 0 atom stereocenters. The molecular weight excluding hydrogens is 382 g/mol. The Morgan fingerprint density at radius 1 is 1.11 bits per heavy atom. The molecule has 9 heteroatoms. The van der Waals surface area contributed by atoms with Gasteiger partial charge in [0.25, 0.3) is 5.78 Å². The third kappa shape index (κ3) is 3.13. The van der Waals surface area contributed by atoms with Crippen molar-refractivity contribution in [1.82, 2.24) is 24.6 Å². The van der Waals surface area contributed by atoms with Gasteiger partial charge in [-0.3, -0.25) is 0 Å². The summed E-state index contributed by atoms with van der Waals surface area (Å²) in [4.78, 5) is 13.7. The molecule has 1 aliphatic rings. The Balaban J connectivity index is 1.33. The average Bonchev–Trinajstić information content (AvgIpc) is 3.38. The van der Waals surface area contributed by atoms with Gasteiger partial charge in [0.1, 0.15) is 5.01 Å². The molecule has 27 heavy (non-hydrogen) atoms. The van der Waals surface area contributed by atoms with Crippen LogP contribution in [0.2, 0.25) is 0 Å². The zero-order valence-electron chi connectivity index (χ0n) is 14.7. The number of aromatic nitrogens is 5. The van der Waals surface area contributed by atoms with Crippen LogP contribution in [0.15, 0.2) is 34.8 Å². The molecular formula is C18H15N5O2S2. The number of rotatable bonds is 4. The number of benzene rings is 1. The van der Waals surface area contributed by atoms with E-state index >= 15 is 0 Å². The molecule has 136 valence electrons. The van der Waals surface area contributed by atoms with E-state index < -0.39 is 0 Å². The van der Waals surface area contributed by atoms with Crippen molar-refractivity contribution < 1.29 is 9.47 Å². The first kappa shape index (κ1) is 16.5. The van der Waals surface area contributed by atoms with E-state index in [4.69, 9.17) is 14.5 Å². The van der Waals surface area contributed by atoms with Crippen molar-refractivity contribution in [2.75, 3.05) is 6.79 Å². The van der Waals surface area contributed by atoms with Crippen LogP contribution in [-0.4, -0.2) is 31.4 Å². The Bertz CT molecular complexity index is 1150. The van der Waals surface area contributed by atoms with Crippen molar-refractivity contribution >= 4 is 28.9 Å². The minimum absolute atomic E-state index is 0.276. The summed E-state index contributed by atoms with van der Waals surface area (Å²) in [6.45, 7) is 4.24. The normalized spacial score (nSPS) is 12.8. The lowest BCUT2D eigenvalue weighted by molar-refractivity contribution is 0.174. The fourth-order valence-corrected chi connectivity index (χ4v) is 4.52. The van der Waals surface area contributed by atoms with Crippen LogP contribution in [0.1, 0.15) is 17.1 Å². The first-order valence-electron chi connectivity index (χ1n) is 8.34. The number of fused-ring (bicyclic) bond motifs is 2. The van der Waals surface area contributed by atoms with E-state index in [1.807, 2.05) is 38.1 Å². The smallest absolute Gasteiger partial charge is 0.253 e. The molecule has 0 unspecified atom stereocenters. The monoisotopic (exact) mass is 397 g/mol. The van der Waals surface area contributed by atoms with E-state index in [-0.39, 0.29) is 6.79 Å². The Labute approximate surface area is 163 Å². The number of hydrogen-bond donors (Lipinski definition) is 0. The largest absolute Gasteiger partial charge is 0.454 e. The SMILES string of the molecule is Cc1cc(C)n2nc(SCc3csc(-c4ccc5c(c4)OCO5)n3)nc2n1. The van der Waals surface area contributed by atoms with Gasteiger partial charge in [-0.15, -0.1) is 16.4 Å². The molecule has 0 amide bonds. The van der Waals surface area contributed by atoms with Crippen molar-refractivity contribution in [1.29, 1.82) is 0 Å². The zero-order valence-corrected chi connectivity index (χ0v) is 16.3. The number of thioether (sulfide) groups is 1. The lowest BCUT2D eigenvalue weighted by Crippen LogP contribution is -1.97. The van der Waals surface area contributed by atoms with Crippen LogP contribution < -0.4 is 9.47 Å². The topological polar surface area (TPSA) is 74.4 Å². The second kappa shape index (κ2) is 6.50. The maximum atomic E-state index is 5.45. The molecule has 5 rings (SSSR count). The van der Waals surface area contributed by atoms with Crippen molar-refractivity contribution in [2.24, 2.45) is 0 Å². The lowest BCUT2D eigenvalue weighted by Gasteiger charge is -1.99. The van der Waals surface area contributed by atoms with Gasteiger partial charge in [0.2, 0.25) is 11.9 Å². The highest BCUT2D eigenvalue weighted by molar-refractivity contribution is 7.98. The summed E-state index contributed by atoms with van der Waals surface area (Å²) in [5.41, 5.74) is 3.99. The molecule has 1 aromatic carbocycles. The summed E-state index contributed by atoms with van der Waals surface area (Å²) >= 11 is 3.17. The maximum absolute atomic E-state index is 5.45. The first-order valence-corrected chi connectivity index (χ1v) is 10.2. The predicted molar refractivity (Wildman–Crippen MR) is 103 cm³/mol. The Hall–Kier alpha value is -2.65. The summed E-state index contributed by atoms with van der Waals surface area (Å²) in [6.07, 6.45) is 0. The summed E-state index contributed by atoms with van der Waals surface area (Å²) < 4.78 is 12.6. The fraction of sp³-hybridized carbons (Fsp3) is 0.222. The van der Waals surface area contributed by atoms with Gasteiger partial charge < -0.3 is 9.47 Å². The Kier molecular flexibility index (Phi) is 3.98. The fourth-order valence-electron chi connectivity index (χ4n) is 2.88. The first-order chi connectivity index (χ1) is 13.2. The zero-order chi connectivity index (χ0) is 18.4. The van der Waals surface area contributed by atoms with E-state index in [0.29, 0.717) is 16.7 Å². The molecule has 0 bridgehead atoms. The van der Waals surface area contributed by atoms with Gasteiger partial charge in [-0.25, -0.2) is 14.5 Å². The molecule has 1 aliphatic heterocycles. The quantitative estimate of drug-likeness (QED) is 0.484. The molecule has 4 heterocycles. The van der Waals surface area contributed by atoms with Crippen molar-refractivity contribution in [3.63, 3.8) is 0 Å². The standard InChI is InChI=1S/C18H15N5O2S2/c1-10-5-11(2)23-17(19-10)21-18(22-23)27-8-13-7-26-16(20-13)12-3-4-14-15(6-12)25-9-24-14/h3-7H,8-9H2,1-2H3. The van der Waals surface area contributed by atoms with E-state index in [1.165, 1.54) is 0 Å². The van der Waals surface area contributed by atoms with Crippen LogP contribution >= 0.6 is 23.1 Å². The van der Waals surface area contributed by atoms with Gasteiger partial charge in [0.15, 0.2) is 11.5 Å². The summed E-state index contributed by atoms with van der Waals surface area (Å²) in [5.74, 6) is 2.89. The summed E-state index contributed by atoms with van der Waals surface area (Å²) in [7, 11) is 0. The number of aryl methyl sites for hydroxylation is 2. The molecule has 0 saturated heterocycles. The van der Waals surface area contributed by atoms with Crippen molar-refractivity contribution in [3.8, 4) is 22.1 Å². The second-order valence-corrected chi connectivity index (χ2v) is 7.95. The van der Waals surface area contributed by atoms with Crippen LogP contribution in [-0.2, 0) is 5.75 Å². The predicted octanol–water partition coefficient (Wildman–Crippen LogP) is 3.89. The molecule has 0 fully saturated rings. The number of hydrogen-bond acceptors (Lipinski definition) is 8. The van der Waals surface area contributed by atoms with Crippen molar-refractivity contribution in [2.45, 2.75) is 24.8 Å². The number of ether oxygens (including phenoxy) is 2. The van der Waals surface area contributed by atoms with Crippen LogP contribution in [0.25, 0.3) is 16.3 Å².